The Balaban J connectivity index is 1.60. The van der Waals surface area contributed by atoms with Gasteiger partial charge in [-0.2, -0.15) is 10.2 Å². The first-order chi connectivity index (χ1) is 12.8. The number of halogens is 3. The van der Waals surface area contributed by atoms with E-state index in [-0.39, 0.29) is 12.3 Å². The van der Waals surface area contributed by atoms with Crippen LogP contribution in [0, 0.1) is 13.8 Å². The van der Waals surface area contributed by atoms with E-state index in [1.807, 2.05) is 44.3 Å². The van der Waals surface area contributed by atoms with Crippen molar-refractivity contribution in [2.45, 2.75) is 33.4 Å². The second kappa shape index (κ2) is 8.46. The minimum atomic E-state index is -0.142. The summed E-state index contributed by atoms with van der Waals surface area (Å²) in [6.45, 7) is 4.76. The number of nitrogens with one attached hydrogen (secondary N) is 1. The molecule has 0 unspecified atom stereocenters. The molecule has 0 radical (unpaired) electrons. The maximum Gasteiger partial charge on any atom is 0.227 e. The molecule has 142 valence electrons. The molecule has 0 bridgehead atoms. The van der Waals surface area contributed by atoms with E-state index in [4.69, 9.17) is 23.2 Å². The Morgan fingerprint density at radius 1 is 1.19 bits per heavy atom. The van der Waals surface area contributed by atoms with Crippen LogP contribution in [0.4, 0.5) is 5.82 Å². The molecule has 2 aromatic heterocycles. The average Bonchev–Trinajstić information content (AvgIpc) is 3.09. The molecule has 27 heavy (non-hydrogen) atoms. The summed E-state index contributed by atoms with van der Waals surface area (Å²) in [4.78, 5) is 12.3. The number of amides is 1. The number of rotatable bonds is 6. The number of benzene rings is 1. The minimum absolute atomic E-state index is 0.142. The summed E-state index contributed by atoms with van der Waals surface area (Å²) in [7, 11) is 0. The molecule has 1 N–H and O–H groups in total. The average molecular weight is 471 g/mol. The number of aromatic nitrogens is 4. The van der Waals surface area contributed by atoms with Crippen molar-refractivity contribution in [3.8, 4) is 0 Å². The quantitative estimate of drug-likeness (QED) is 0.560. The second-order valence-corrected chi connectivity index (χ2v) is 7.82. The predicted molar refractivity (Wildman–Crippen MR) is 110 cm³/mol. The summed E-state index contributed by atoms with van der Waals surface area (Å²) in [6.07, 6.45) is 2.10. The molecule has 1 aromatic carbocycles. The molecule has 0 aliphatic heterocycles. The highest BCUT2D eigenvalue weighted by Gasteiger charge is 2.13. The van der Waals surface area contributed by atoms with Crippen LogP contribution in [0.1, 0.15) is 23.4 Å². The number of hydrogen-bond donors (Lipinski definition) is 1. The molecule has 3 aromatic rings. The van der Waals surface area contributed by atoms with Crippen LogP contribution in [0.2, 0.25) is 10.0 Å². The Bertz CT molecular complexity index is 965. The highest BCUT2D eigenvalue weighted by atomic mass is 79.9. The van der Waals surface area contributed by atoms with Crippen LogP contribution >= 0.6 is 39.1 Å². The first-order valence-corrected chi connectivity index (χ1v) is 9.85. The molecule has 6 nitrogen and oxygen atoms in total. The third-order valence-corrected chi connectivity index (χ3v) is 5.46. The number of carbonyl (C=O) groups is 1. The van der Waals surface area contributed by atoms with Crippen LogP contribution in [-0.4, -0.2) is 25.5 Å². The Morgan fingerprint density at radius 3 is 2.52 bits per heavy atom. The molecular weight excluding hydrogens is 453 g/mol. The van der Waals surface area contributed by atoms with Gasteiger partial charge in [0, 0.05) is 17.6 Å². The molecule has 9 heteroatoms. The minimum Gasteiger partial charge on any atom is -0.308 e. The summed E-state index contributed by atoms with van der Waals surface area (Å²) >= 11 is 15.5. The second-order valence-electron chi connectivity index (χ2n) is 6.16. The SMILES string of the molecule is Cc1nn(CCC(=O)Nc2nn(Cc3ccc(Cl)cc3)cc2Br)c(C)c1Cl. The van der Waals surface area contributed by atoms with Crippen molar-refractivity contribution in [2.75, 3.05) is 5.32 Å². The van der Waals surface area contributed by atoms with Crippen LogP contribution < -0.4 is 5.32 Å². The summed E-state index contributed by atoms with van der Waals surface area (Å²) in [6, 6.07) is 7.55. The van der Waals surface area contributed by atoms with Gasteiger partial charge in [0.25, 0.3) is 0 Å². The lowest BCUT2D eigenvalue weighted by Gasteiger charge is -2.05. The number of carbonyl (C=O) groups excluding carboxylic acids is 1. The fourth-order valence-electron chi connectivity index (χ4n) is 2.63. The molecule has 0 atom stereocenters. The number of anilines is 1. The maximum absolute atomic E-state index is 12.3. The van der Waals surface area contributed by atoms with Crippen LogP contribution in [0.25, 0.3) is 0 Å². The molecule has 0 saturated heterocycles. The van der Waals surface area contributed by atoms with Crippen LogP contribution in [0.15, 0.2) is 34.9 Å². The Kier molecular flexibility index (Phi) is 6.24. The normalized spacial score (nSPS) is 11.0. The first kappa shape index (κ1) is 19.9. The highest BCUT2D eigenvalue weighted by molar-refractivity contribution is 9.10. The lowest BCUT2D eigenvalue weighted by Crippen LogP contribution is -2.16. The van der Waals surface area contributed by atoms with Gasteiger partial charge in [0.2, 0.25) is 5.91 Å². The Morgan fingerprint density at radius 2 is 1.89 bits per heavy atom. The van der Waals surface area contributed by atoms with E-state index in [1.54, 1.807) is 9.36 Å². The molecule has 2 heterocycles. The standard InChI is InChI=1S/C18H18BrCl2N5O/c1-11-17(21)12(2)26(23-11)8-7-16(27)22-18-15(19)10-25(24-18)9-13-3-5-14(20)6-4-13/h3-6,10H,7-9H2,1-2H3,(H,22,24,27). The summed E-state index contributed by atoms with van der Waals surface area (Å²) in [5, 5.41) is 12.9. The van der Waals surface area contributed by atoms with Crippen molar-refractivity contribution in [2.24, 2.45) is 0 Å². The zero-order valence-electron chi connectivity index (χ0n) is 14.8. The van der Waals surface area contributed by atoms with Gasteiger partial charge in [-0.05, 0) is 47.5 Å². The predicted octanol–water partition coefficient (Wildman–Crippen LogP) is 4.84. The fraction of sp³-hybridized carbons (Fsp3) is 0.278. The van der Waals surface area contributed by atoms with Gasteiger partial charge < -0.3 is 5.32 Å². The monoisotopic (exact) mass is 469 g/mol. The molecule has 0 aliphatic rings. The van der Waals surface area contributed by atoms with Crippen molar-refractivity contribution < 1.29 is 4.79 Å². The molecule has 0 fully saturated rings. The van der Waals surface area contributed by atoms with E-state index in [1.165, 1.54) is 0 Å². The van der Waals surface area contributed by atoms with Gasteiger partial charge in [-0.25, -0.2) is 0 Å². The Hall–Kier alpha value is -1.83. The van der Waals surface area contributed by atoms with Crippen LogP contribution in [0.3, 0.4) is 0 Å². The van der Waals surface area contributed by atoms with E-state index >= 15 is 0 Å². The largest absolute Gasteiger partial charge is 0.308 e. The maximum atomic E-state index is 12.3. The van der Waals surface area contributed by atoms with Gasteiger partial charge in [0.15, 0.2) is 5.82 Å². The van der Waals surface area contributed by atoms with Crippen LogP contribution in [-0.2, 0) is 17.9 Å². The van der Waals surface area contributed by atoms with Crippen molar-refractivity contribution in [1.29, 1.82) is 0 Å². The van der Waals surface area contributed by atoms with Crippen LogP contribution in [0.5, 0.6) is 0 Å². The number of nitrogens with zero attached hydrogens (tertiary/aromatic N) is 4. The first-order valence-electron chi connectivity index (χ1n) is 8.30. The van der Waals surface area contributed by atoms with Crippen molar-refractivity contribution >= 4 is 50.9 Å². The lowest BCUT2D eigenvalue weighted by molar-refractivity contribution is -0.116. The summed E-state index contributed by atoms with van der Waals surface area (Å²) < 4.78 is 4.22. The van der Waals surface area contributed by atoms with E-state index < -0.39 is 0 Å². The van der Waals surface area contributed by atoms with Gasteiger partial charge in [0.05, 0.1) is 34.0 Å². The summed E-state index contributed by atoms with van der Waals surface area (Å²) in [5.41, 5.74) is 2.68. The third kappa shape index (κ3) is 4.91. The van der Waals surface area contributed by atoms with Crippen molar-refractivity contribution in [3.05, 3.63) is 61.9 Å². The van der Waals surface area contributed by atoms with Gasteiger partial charge in [-0.3, -0.25) is 14.2 Å². The van der Waals surface area contributed by atoms with Gasteiger partial charge >= 0.3 is 0 Å². The van der Waals surface area contributed by atoms with Crippen molar-refractivity contribution in [3.63, 3.8) is 0 Å². The third-order valence-electron chi connectivity index (χ3n) is 4.08. The Labute approximate surface area is 175 Å². The topological polar surface area (TPSA) is 64.7 Å². The van der Waals surface area contributed by atoms with Gasteiger partial charge in [-0.1, -0.05) is 35.3 Å². The lowest BCUT2D eigenvalue weighted by atomic mass is 10.2. The molecular formula is C18H18BrCl2N5O. The van der Waals surface area contributed by atoms with E-state index in [0.717, 1.165) is 21.4 Å². The molecule has 0 spiro atoms. The molecule has 1 amide bonds. The van der Waals surface area contributed by atoms with E-state index in [0.29, 0.717) is 29.0 Å². The molecule has 0 saturated carbocycles. The summed E-state index contributed by atoms with van der Waals surface area (Å²) in [5.74, 6) is 0.344. The highest BCUT2D eigenvalue weighted by Crippen LogP contribution is 2.22. The van der Waals surface area contributed by atoms with Crippen molar-refractivity contribution in [1.82, 2.24) is 19.6 Å². The van der Waals surface area contributed by atoms with Gasteiger partial charge in [-0.15, -0.1) is 0 Å². The molecule has 0 aliphatic carbocycles. The zero-order valence-corrected chi connectivity index (χ0v) is 17.9. The molecule has 3 rings (SSSR count). The fourth-order valence-corrected chi connectivity index (χ4v) is 3.31. The number of aryl methyl sites for hydroxylation is 2. The number of hydrogen-bond acceptors (Lipinski definition) is 3. The smallest absolute Gasteiger partial charge is 0.227 e. The van der Waals surface area contributed by atoms with E-state index in [2.05, 4.69) is 31.4 Å². The van der Waals surface area contributed by atoms with E-state index in [9.17, 15) is 4.79 Å². The zero-order chi connectivity index (χ0) is 19.6. The van der Waals surface area contributed by atoms with Gasteiger partial charge in [0.1, 0.15) is 0 Å².